The van der Waals surface area contributed by atoms with E-state index in [2.05, 4.69) is 20.4 Å². The zero-order valence-electron chi connectivity index (χ0n) is 22.1. The molecule has 0 unspecified atom stereocenters. The number of rotatable bonds is 8. The minimum atomic E-state index is -0.667. The van der Waals surface area contributed by atoms with Gasteiger partial charge in [0.1, 0.15) is 11.4 Å². The van der Waals surface area contributed by atoms with Crippen molar-refractivity contribution in [3.05, 3.63) is 59.9 Å². The fourth-order valence-electron chi connectivity index (χ4n) is 4.16. The first-order valence-corrected chi connectivity index (χ1v) is 12.9. The van der Waals surface area contributed by atoms with Crippen molar-refractivity contribution in [2.45, 2.75) is 52.1 Å². The smallest absolute Gasteiger partial charge is 0.418 e. The summed E-state index contributed by atoms with van der Waals surface area (Å²) in [5.41, 5.74) is 0.857. The molecule has 2 aromatic carbocycles. The number of piperidine rings is 1. The Balaban J connectivity index is 1.43. The Labute approximate surface area is 222 Å². The third kappa shape index (κ3) is 7.61. The van der Waals surface area contributed by atoms with Crippen LogP contribution in [0.15, 0.2) is 52.9 Å². The molecule has 0 atom stereocenters. The number of aromatic nitrogens is 2. The number of likely N-dealkylation sites (tertiary alicyclic amines) is 1. The molecule has 9 nitrogen and oxygen atoms in total. The van der Waals surface area contributed by atoms with E-state index in [-0.39, 0.29) is 17.8 Å². The largest absolute Gasteiger partial charge is 0.443 e. The number of ether oxygens (including phenoxy) is 1. The SMILES string of the molecule is CC(C)(C)OC(=O)N(CCCN1CCCCC1)c1nnc(-c2ccc(NC(=O)c3ccc(F)cc3)cc2)o1. The molecule has 0 saturated carbocycles. The zero-order valence-corrected chi connectivity index (χ0v) is 22.1. The summed E-state index contributed by atoms with van der Waals surface area (Å²) in [4.78, 5) is 29.2. The third-order valence-electron chi connectivity index (χ3n) is 6.06. The van der Waals surface area contributed by atoms with Crippen LogP contribution in [0.4, 0.5) is 20.9 Å². The lowest BCUT2D eigenvalue weighted by molar-refractivity contribution is 0.0571. The highest BCUT2D eigenvalue weighted by molar-refractivity contribution is 6.04. The summed E-state index contributed by atoms with van der Waals surface area (Å²) in [7, 11) is 0. The van der Waals surface area contributed by atoms with Crippen LogP contribution >= 0.6 is 0 Å². The summed E-state index contributed by atoms with van der Waals surface area (Å²) in [5, 5.41) is 11.0. The highest BCUT2D eigenvalue weighted by Gasteiger charge is 2.27. The summed E-state index contributed by atoms with van der Waals surface area (Å²) in [6.45, 7) is 8.87. The monoisotopic (exact) mass is 523 g/mol. The molecule has 0 radical (unpaired) electrons. The maximum atomic E-state index is 13.1. The molecule has 4 rings (SSSR count). The van der Waals surface area contributed by atoms with Crippen LogP contribution < -0.4 is 10.2 Å². The van der Waals surface area contributed by atoms with Crippen LogP contribution in [0.25, 0.3) is 11.5 Å². The molecule has 2 heterocycles. The Morgan fingerprint density at radius 1 is 1.03 bits per heavy atom. The van der Waals surface area contributed by atoms with E-state index in [1.165, 1.54) is 48.4 Å². The number of nitrogens with one attached hydrogen (secondary N) is 1. The van der Waals surface area contributed by atoms with Crippen LogP contribution in [0, 0.1) is 5.82 Å². The molecule has 3 aromatic rings. The summed E-state index contributed by atoms with van der Waals surface area (Å²) < 4.78 is 24.6. The minimum absolute atomic E-state index is 0.0709. The van der Waals surface area contributed by atoms with E-state index < -0.39 is 17.5 Å². The molecule has 202 valence electrons. The lowest BCUT2D eigenvalue weighted by atomic mass is 10.1. The van der Waals surface area contributed by atoms with Crippen molar-refractivity contribution in [1.82, 2.24) is 15.1 Å². The predicted molar refractivity (Wildman–Crippen MR) is 143 cm³/mol. The highest BCUT2D eigenvalue weighted by Crippen LogP contribution is 2.25. The average molecular weight is 524 g/mol. The standard InChI is InChI=1S/C28H34FN5O4/c1-28(2,3)38-27(36)34(19-7-18-33-16-5-4-6-17-33)26-32-31-25(37-26)21-10-14-23(15-11-21)30-24(35)20-8-12-22(29)13-9-20/h8-15H,4-7,16-19H2,1-3H3,(H,30,35). The second kappa shape index (κ2) is 12.2. The molecular formula is C28H34FN5O4. The van der Waals surface area contributed by atoms with Crippen molar-refractivity contribution >= 4 is 23.7 Å². The van der Waals surface area contributed by atoms with Gasteiger partial charge in [0.15, 0.2) is 0 Å². The number of nitrogens with zero attached hydrogens (tertiary/aromatic N) is 4. The van der Waals surface area contributed by atoms with E-state index in [0.717, 1.165) is 26.1 Å². The van der Waals surface area contributed by atoms with E-state index in [4.69, 9.17) is 9.15 Å². The predicted octanol–water partition coefficient (Wildman–Crippen LogP) is 5.75. The molecule has 1 saturated heterocycles. The Bertz CT molecular complexity index is 1220. The molecule has 1 aromatic heterocycles. The van der Waals surface area contributed by atoms with Gasteiger partial charge in [-0.15, -0.1) is 5.10 Å². The third-order valence-corrected chi connectivity index (χ3v) is 6.06. The lowest BCUT2D eigenvalue weighted by Gasteiger charge is -2.28. The molecule has 2 amide bonds. The second-order valence-electron chi connectivity index (χ2n) is 10.3. The van der Waals surface area contributed by atoms with Gasteiger partial charge in [0.2, 0.25) is 5.89 Å². The Hall–Kier alpha value is -3.79. The molecule has 1 N–H and O–H groups in total. The molecule has 38 heavy (non-hydrogen) atoms. The Kier molecular flexibility index (Phi) is 8.73. The lowest BCUT2D eigenvalue weighted by Crippen LogP contribution is -2.39. The first-order chi connectivity index (χ1) is 18.2. The number of carbonyl (C=O) groups is 2. The number of benzene rings is 2. The van der Waals surface area contributed by atoms with Crippen LogP contribution in [0.5, 0.6) is 0 Å². The molecule has 1 fully saturated rings. The maximum absolute atomic E-state index is 13.1. The van der Waals surface area contributed by atoms with Crippen molar-refractivity contribution in [3.8, 4) is 11.5 Å². The molecule has 10 heteroatoms. The van der Waals surface area contributed by atoms with Crippen LogP contribution in [-0.4, -0.2) is 58.9 Å². The van der Waals surface area contributed by atoms with E-state index in [9.17, 15) is 14.0 Å². The van der Waals surface area contributed by atoms with Gasteiger partial charge in [-0.05, 0) is 108 Å². The zero-order chi connectivity index (χ0) is 27.1. The molecular weight excluding hydrogens is 489 g/mol. The molecule has 1 aliphatic rings. The quantitative estimate of drug-likeness (QED) is 0.401. The van der Waals surface area contributed by atoms with Gasteiger partial charge in [0.05, 0.1) is 0 Å². The Morgan fingerprint density at radius 3 is 2.37 bits per heavy atom. The van der Waals surface area contributed by atoms with Crippen LogP contribution in [0.2, 0.25) is 0 Å². The first-order valence-electron chi connectivity index (χ1n) is 12.9. The van der Waals surface area contributed by atoms with Gasteiger partial charge in [-0.25, -0.2) is 14.1 Å². The van der Waals surface area contributed by atoms with Crippen molar-refractivity contribution in [1.29, 1.82) is 0 Å². The Morgan fingerprint density at radius 2 is 1.71 bits per heavy atom. The summed E-state index contributed by atoms with van der Waals surface area (Å²) in [6, 6.07) is 12.2. The van der Waals surface area contributed by atoms with Gasteiger partial charge in [-0.3, -0.25) is 4.79 Å². The molecule has 0 bridgehead atoms. The molecule has 0 aliphatic carbocycles. The van der Waals surface area contributed by atoms with E-state index in [1.54, 1.807) is 24.3 Å². The summed E-state index contributed by atoms with van der Waals surface area (Å²) in [6.07, 6.45) is 3.90. The fourth-order valence-corrected chi connectivity index (χ4v) is 4.16. The van der Waals surface area contributed by atoms with Gasteiger partial charge in [0, 0.05) is 23.4 Å². The van der Waals surface area contributed by atoms with Crippen molar-refractivity contribution in [2.75, 3.05) is 36.4 Å². The topological polar surface area (TPSA) is 101 Å². The maximum Gasteiger partial charge on any atom is 0.418 e. The van der Waals surface area contributed by atoms with E-state index >= 15 is 0 Å². The van der Waals surface area contributed by atoms with Crippen molar-refractivity contribution in [3.63, 3.8) is 0 Å². The molecule has 1 aliphatic heterocycles. The highest BCUT2D eigenvalue weighted by atomic mass is 19.1. The van der Waals surface area contributed by atoms with Gasteiger partial charge in [-0.1, -0.05) is 11.5 Å². The second-order valence-corrected chi connectivity index (χ2v) is 10.3. The number of hydrogen-bond donors (Lipinski definition) is 1. The van der Waals surface area contributed by atoms with Gasteiger partial charge < -0.3 is 19.4 Å². The number of halogens is 1. The first kappa shape index (κ1) is 27.3. The fraction of sp³-hybridized carbons (Fsp3) is 0.429. The molecule has 0 spiro atoms. The summed E-state index contributed by atoms with van der Waals surface area (Å²) >= 11 is 0. The number of anilines is 2. The van der Waals surface area contributed by atoms with E-state index in [0.29, 0.717) is 23.4 Å². The number of carbonyl (C=O) groups excluding carboxylic acids is 2. The summed E-state index contributed by atoms with van der Waals surface area (Å²) in [5.74, 6) is -0.520. The van der Waals surface area contributed by atoms with Gasteiger partial charge >= 0.3 is 12.1 Å². The normalized spacial score (nSPS) is 14.2. The van der Waals surface area contributed by atoms with Crippen molar-refractivity contribution < 1.29 is 23.1 Å². The van der Waals surface area contributed by atoms with Crippen LogP contribution in [-0.2, 0) is 4.74 Å². The van der Waals surface area contributed by atoms with Gasteiger partial charge in [-0.2, -0.15) is 0 Å². The minimum Gasteiger partial charge on any atom is -0.443 e. The van der Waals surface area contributed by atoms with Crippen LogP contribution in [0.1, 0.15) is 56.8 Å². The van der Waals surface area contributed by atoms with E-state index in [1.807, 2.05) is 20.8 Å². The number of amides is 2. The van der Waals surface area contributed by atoms with Gasteiger partial charge in [0.25, 0.3) is 5.91 Å². The average Bonchev–Trinajstić information content (AvgIpc) is 3.37. The van der Waals surface area contributed by atoms with Crippen LogP contribution in [0.3, 0.4) is 0 Å². The van der Waals surface area contributed by atoms with Crippen molar-refractivity contribution in [2.24, 2.45) is 0 Å². The number of hydrogen-bond acceptors (Lipinski definition) is 7.